The van der Waals surface area contributed by atoms with Crippen LogP contribution in [0.2, 0.25) is 0 Å². The fourth-order valence-corrected chi connectivity index (χ4v) is 2.44. The third-order valence-electron chi connectivity index (χ3n) is 3.14. The van der Waals surface area contributed by atoms with Gasteiger partial charge < -0.3 is 10.4 Å². The van der Waals surface area contributed by atoms with Gasteiger partial charge in [0.05, 0.1) is 18.2 Å². The Balaban J connectivity index is 2.09. The van der Waals surface area contributed by atoms with Gasteiger partial charge in [-0.2, -0.15) is 5.26 Å². The van der Waals surface area contributed by atoms with Crippen LogP contribution in [0, 0.1) is 17.1 Å². The summed E-state index contributed by atoms with van der Waals surface area (Å²) in [6, 6.07) is 13.7. The van der Waals surface area contributed by atoms with Gasteiger partial charge in [-0.3, -0.25) is 0 Å². The highest BCUT2D eigenvalue weighted by Crippen LogP contribution is 2.19. The fourth-order valence-electron chi connectivity index (χ4n) is 2.02. The monoisotopic (exact) mass is 348 g/mol. The Bertz CT molecular complexity index is 670. The van der Waals surface area contributed by atoms with E-state index in [1.807, 2.05) is 30.3 Å². The lowest BCUT2D eigenvalue weighted by Crippen LogP contribution is -2.24. The molecule has 0 aliphatic rings. The summed E-state index contributed by atoms with van der Waals surface area (Å²) < 4.78 is 14.2. The van der Waals surface area contributed by atoms with Crippen LogP contribution in [0.4, 0.5) is 4.39 Å². The fraction of sp³-hybridized carbons (Fsp3) is 0.188. The lowest BCUT2D eigenvalue weighted by atomic mass is 10.1. The lowest BCUT2D eigenvalue weighted by Gasteiger charge is -2.17. The molecule has 0 heterocycles. The second kappa shape index (κ2) is 7.32. The standard InChI is InChI=1S/C16H14BrFN2O/c17-14-3-1-2-12(7-14)16(10-21)20-9-11-4-5-15(18)13(6-11)8-19/h1-7,16,20-21H,9-10H2. The average molecular weight is 349 g/mol. The summed E-state index contributed by atoms with van der Waals surface area (Å²) in [5.41, 5.74) is 1.77. The number of aliphatic hydroxyl groups is 1. The molecule has 0 aliphatic carbocycles. The van der Waals surface area contributed by atoms with Crippen LogP contribution in [-0.2, 0) is 6.54 Å². The van der Waals surface area contributed by atoms with Crippen molar-refractivity contribution >= 4 is 15.9 Å². The largest absolute Gasteiger partial charge is 0.394 e. The number of aliphatic hydroxyl groups excluding tert-OH is 1. The molecule has 0 saturated carbocycles. The van der Waals surface area contributed by atoms with E-state index in [1.54, 1.807) is 6.07 Å². The van der Waals surface area contributed by atoms with Crippen molar-refractivity contribution in [1.82, 2.24) is 5.32 Å². The van der Waals surface area contributed by atoms with Gasteiger partial charge in [-0.25, -0.2) is 4.39 Å². The molecule has 3 nitrogen and oxygen atoms in total. The van der Waals surface area contributed by atoms with Gasteiger partial charge in [0.25, 0.3) is 0 Å². The first kappa shape index (κ1) is 15.6. The quantitative estimate of drug-likeness (QED) is 0.871. The summed E-state index contributed by atoms with van der Waals surface area (Å²) in [5, 5.41) is 21.5. The Morgan fingerprint density at radius 1 is 1.29 bits per heavy atom. The molecule has 1 atom stereocenters. The molecule has 0 bridgehead atoms. The van der Waals surface area contributed by atoms with Crippen molar-refractivity contribution < 1.29 is 9.50 Å². The molecule has 2 rings (SSSR count). The molecule has 0 amide bonds. The molecule has 108 valence electrons. The predicted molar refractivity (Wildman–Crippen MR) is 81.9 cm³/mol. The molecule has 0 radical (unpaired) electrons. The molecule has 21 heavy (non-hydrogen) atoms. The zero-order valence-corrected chi connectivity index (χ0v) is 12.8. The summed E-state index contributed by atoms with van der Waals surface area (Å²) in [6.45, 7) is 0.384. The van der Waals surface area contributed by atoms with Gasteiger partial charge in [0.2, 0.25) is 0 Å². The van der Waals surface area contributed by atoms with Gasteiger partial charge >= 0.3 is 0 Å². The van der Waals surface area contributed by atoms with Crippen LogP contribution in [0.15, 0.2) is 46.9 Å². The van der Waals surface area contributed by atoms with Crippen molar-refractivity contribution in [3.05, 3.63) is 69.4 Å². The zero-order chi connectivity index (χ0) is 15.2. The molecule has 0 spiro atoms. The minimum atomic E-state index is -0.521. The van der Waals surface area contributed by atoms with Gasteiger partial charge in [-0.1, -0.05) is 34.1 Å². The van der Waals surface area contributed by atoms with Crippen molar-refractivity contribution in [3.63, 3.8) is 0 Å². The van der Waals surface area contributed by atoms with Gasteiger partial charge in [-0.05, 0) is 35.4 Å². The van der Waals surface area contributed by atoms with E-state index in [-0.39, 0.29) is 18.2 Å². The molecule has 2 aromatic carbocycles. The summed E-state index contributed by atoms with van der Waals surface area (Å²) >= 11 is 3.40. The average Bonchev–Trinajstić information content (AvgIpc) is 2.49. The molecule has 0 fully saturated rings. The van der Waals surface area contributed by atoms with Crippen molar-refractivity contribution in [3.8, 4) is 6.07 Å². The molecule has 2 N–H and O–H groups in total. The molecular formula is C16H14BrFN2O. The van der Waals surface area contributed by atoms with Gasteiger partial charge in [0.15, 0.2) is 0 Å². The minimum absolute atomic E-state index is 0.0253. The van der Waals surface area contributed by atoms with E-state index in [0.29, 0.717) is 6.54 Å². The van der Waals surface area contributed by atoms with Gasteiger partial charge in [0, 0.05) is 11.0 Å². The first-order valence-electron chi connectivity index (χ1n) is 6.42. The van der Waals surface area contributed by atoms with Crippen molar-refractivity contribution in [2.75, 3.05) is 6.61 Å². The number of nitrogens with one attached hydrogen (secondary N) is 1. The maximum atomic E-state index is 13.3. The van der Waals surface area contributed by atoms with Crippen LogP contribution >= 0.6 is 15.9 Å². The summed E-state index contributed by atoms with van der Waals surface area (Å²) in [5.74, 6) is -0.521. The second-order valence-electron chi connectivity index (χ2n) is 4.60. The van der Waals surface area contributed by atoms with Crippen LogP contribution < -0.4 is 5.32 Å². The Kier molecular flexibility index (Phi) is 5.45. The van der Waals surface area contributed by atoms with Crippen LogP contribution in [0.5, 0.6) is 0 Å². The SMILES string of the molecule is N#Cc1cc(CNC(CO)c2cccc(Br)c2)ccc1F. The topological polar surface area (TPSA) is 56.0 Å². The van der Waals surface area contributed by atoms with Crippen LogP contribution in [0.3, 0.4) is 0 Å². The first-order chi connectivity index (χ1) is 10.1. The molecule has 0 aliphatic heterocycles. The smallest absolute Gasteiger partial charge is 0.140 e. The third kappa shape index (κ3) is 4.11. The van der Waals surface area contributed by atoms with Crippen molar-refractivity contribution in [1.29, 1.82) is 5.26 Å². The molecule has 5 heteroatoms. The van der Waals surface area contributed by atoms with E-state index < -0.39 is 5.82 Å². The van der Waals surface area contributed by atoms with Crippen molar-refractivity contribution in [2.45, 2.75) is 12.6 Å². The number of halogens is 2. The maximum Gasteiger partial charge on any atom is 0.140 e. The van der Waals surface area contributed by atoms with E-state index >= 15 is 0 Å². The van der Waals surface area contributed by atoms with Crippen LogP contribution in [-0.4, -0.2) is 11.7 Å². The normalized spacial score (nSPS) is 11.9. The van der Waals surface area contributed by atoms with Crippen LogP contribution in [0.1, 0.15) is 22.7 Å². The zero-order valence-electron chi connectivity index (χ0n) is 11.2. The number of hydrogen-bond acceptors (Lipinski definition) is 3. The summed E-state index contributed by atoms with van der Waals surface area (Å²) in [4.78, 5) is 0. The molecule has 0 aromatic heterocycles. The van der Waals surface area contributed by atoms with E-state index in [9.17, 15) is 9.50 Å². The predicted octanol–water partition coefficient (Wildman–Crippen LogP) is 3.28. The molecular weight excluding hydrogens is 335 g/mol. The molecule has 2 aromatic rings. The molecule has 1 unspecified atom stereocenters. The Hall–Kier alpha value is -1.74. The summed E-state index contributed by atoms with van der Waals surface area (Å²) in [7, 11) is 0. The number of benzene rings is 2. The Labute approximate surface area is 131 Å². The van der Waals surface area contributed by atoms with E-state index in [0.717, 1.165) is 15.6 Å². The third-order valence-corrected chi connectivity index (χ3v) is 3.63. The minimum Gasteiger partial charge on any atom is -0.394 e. The highest BCUT2D eigenvalue weighted by Gasteiger charge is 2.10. The van der Waals surface area contributed by atoms with E-state index in [4.69, 9.17) is 5.26 Å². The number of nitriles is 1. The Morgan fingerprint density at radius 2 is 2.10 bits per heavy atom. The van der Waals surface area contributed by atoms with Crippen LogP contribution in [0.25, 0.3) is 0 Å². The van der Waals surface area contributed by atoms with Gasteiger partial charge in [-0.15, -0.1) is 0 Å². The number of rotatable bonds is 5. The summed E-state index contributed by atoms with van der Waals surface area (Å²) in [6.07, 6.45) is 0. The van der Waals surface area contributed by atoms with E-state index in [1.165, 1.54) is 12.1 Å². The lowest BCUT2D eigenvalue weighted by molar-refractivity contribution is 0.243. The number of nitrogens with zero attached hydrogens (tertiary/aromatic N) is 1. The van der Waals surface area contributed by atoms with Gasteiger partial charge in [0.1, 0.15) is 11.9 Å². The highest BCUT2D eigenvalue weighted by atomic mass is 79.9. The van der Waals surface area contributed by atoms with Crippen molar-refractivity contribution in [2.24, 2.45) is 0 Å². The number of hydrogen-bond donors (Lipinski definition) is 2. The van der Waals surface area contributed by atoms with E-state index in [2.05, 4.69) is 21.2 Å². The highest BCUT2D eigenvalue weighted by molar-refractivity contribution is 9.10. The Morgan fingerprint density at radius 3 is 2.76 bits per heavy atom. The maximum absolute atomic E-state index is 13.3. The molecule has 0 saturated heterocycles. The second-order valence-corrected chi connectivity index (χ2v) is 5.51. The first-order valence-corrected chi connectivity index (χ1v) is 7.21.